The molecule has 88 valence electrons. The summed E-state index contributed by atoms with van der Waals surface area (Å²) in [5.74, 6) is 1.52. The molecule has 2 aromatic rings. The van der Waals surface area contributed by atoms with Gasteiger partial charge in [0.15, 0.2) is 0 Å². The maximum Gasteiger partial charge on any atom is 0.212 e. The average molecular weight is 229 g/mol. The van der Waals surface area contributed by atoms with E-state index in [1.165, 1.54) is 5.56 Å². The first-order valence-electron chi connectivity index (χ1n) is 5.43. The molecule has 0 fully saturated rings. The van der Waals surface area contributed by atoms with Crippen LogP contribution in [-0.4, -0.2) is 19.2 Å². The lowest BCUT2D eigenvalue weighted by molar-refractivity contribution is 0.397. The van der Waals surface area contributed by atoms with Gasteiger partial charge in [-0.25, -0.2) is 4.98 Å². The van der Waals surface area contributed by atoms with Gasteiger partial charge in [0.1, 0.15) is 5.75 Å². The van der Waals surface area contributed by atoms with Crippen molar-refractivity contribution in [2.24, 2.45) is 0 Å². The van der Waals surface area contributed by atoms with Crippen molar-refractivity contribution < 1.29 is 9.47 Å². The summed E-state index contributed by atoms with van der Waals surface area (Å²) in [6.45, 7) is 0. The molecule has 1 aromatic carbocycles. The second-order valence-corrected chi connectivity index (χ2v) is 3.73. The third kappa shape index (κ3) is 2.97. The van der Waals surface area contributed by atoms with Gasteiger partial charge in [0.25, 0.3) is 0 Å². The van der Waals surface area contributed by atoms with Gasteiger partial charge in [-0.05, 0) is 29.7 Å². The maximum absolute atomic E-state index is 5.12. The van der Waals surface area contributed by atoms with Crippen LogP contribution in [0.15, 0.2) is 42.6 Å². The molecular weight excluding hydrogens is 214 g/mol. The predicted octanol–water partition coefficient (Wildman–Crippen LogP) is 2.69. The fourth-order valence-electron chi connectivity index (χ4n) is 1.62. The lowest BCUT2D eigenvalue weighted by Gasteiger charge is -2.04. The van der Waals surface area contributed by atoms with Crippen LogP contribution in [0.4, 0.5) is 0 Å². The summed E-state index contributed by atoms with van der Waals surface area (Å²) in [5.41, 5.74) is 2.40. The van der Waals surface area contributed by atoms with Crippen molar-refractivity contribution in [2.75, 3.05) is 14.2 Å². The van der Waals surface area contributed by atoms with Crippen LogP contribution in [0.3, 0.4) is 0 Å². The maximum atomic E-state index is 5.12. The number of hydrogen-bond acceptors (Lipinski definition) is 3. The molecule has 0 radical (unpaired) electrons. The zero-order chi connectivity index (χ0) is 12.1. The number of benzene rings is 1. The third-order valence-corrected chi connectivity index (χ3v) is 2.57. The molecule has 0 unspecified atom stereocenters. The quantitative estimate of drug-likeness (QED) is 0.807. The van der Waals surface area contributed by atoms with Crippen LogP contribution in [0.5, 0.6) is 11.6 Å². The molecule has 0 saturated heterocycles. The Morgan fingerprint density at radius 1 is 0.882 bits per heavy atom. The summed E-state index contributed by atoms with van der Waals surface area (Å²) in [6.07, 6.45) is 2.70. The van der Waals surface area contributed by atoms with E-state index in [1.54, 1.807) is 14.2 Å². The Kier molecular flexibility index (Phi) is 3.60. The van der Waals surface area contributed by atoms with Crippen LogP contribution < -0.4 is 9.47 Å². The Balaban J connectivity index is 2.08. The highest BCUT2D eigenvalue weighted by Crippen LogP contribution is 2.15. The molecule has 0 spiro atoms. The number of hydrogen-bond donors (Lipinski definition) is 0. The highest BCUT2D eigenvalue weighted by atomic mass is 16.5. The van der Waals surface area contributed by atoms with Crippen molar-refractivity contribution in [1.29, 1.82) is 0 Å². The summed E-state index contributed by atoms with van der Waals surface area (Å²) < 4.78 is 10.1. The molecular formula is C14H15NO2. The topological polar surface area (TPSA) is 31.4 Å². The van der Waals surface area contributed by atoms with E-state index >= 15 is 0 Å². The van der Waals surface area contributed by atoms with E-state index in [0.29, 0.717) is 5.88 Å². The number of ether oxygens (including phenoxy) is 2. The van der Waals surface area contributed by atoms with E-state index in [4.69, 9.17) is 9.47 Å². The molecule has 0 bridgehead atoms. The van der Waals surface area contributed by atoms with Crippen molar-refractivity contribution in [3.63, 3.8) is 0 Å². The molecule has 0 aliphatic carbocycles. The Morgan fingerprint density at radius 3 is 2.12 bits per heavy atom. The Bertz CT molecular complexity index is 417. The largest absolute Gasteiger partial charge is 0.497 e. The molecule has 1 aromatic heterocycles. The third-order valence-electron chi connectivity index (χ3n) is 2.57. The molecule has 0 atom stereocenters. The van der Waals surface area contributed by atoms with Crippen molar-refractivity contribution in [3.05, 3.63) is 53.7 Å². The normalized spacial score (nSPS) is 10.0. The van der Waals surface area contributed by atoms with Gasteiger partial charge in [-0.15, -0.1) is 0 Å². The fourth-order valence-corrected chi connectivity index (χ4v) is 1.62. The molecule has 3 nitrogen and oxygen atoms in total. The van der Waals surface area contributed by atoms with E-state index in [1.807, 2.05) is 30.5 Å². The Labute approximate surface area is 101 Å². The second kappa shape index (κ2) is 5.34. The van der Waals surface area contributed by atoms with E-state index in [-0.39, 0.29) is 0 Å². The molecule has 0 saturated carbocycles. The van der Waals surface area contributed by atoms with E-state index in [2.05, 4.69) is 17.1 Å². The van der Waals surface area contributed by atoms with Crippen molar-refractivity contribution in [1.82, 2.24) is 4.98 Å². The summed E-state index contributed by atoms with van der Waals surface area (Å²) in [7, 11) is 3.29. The molecule has 0 N–H and O–H groups in total. The zero-order valence-electron chi connectivity index (χ0n) is 10.0. The summed E-state index contributed by atoms with van der Waals surface area (Å²) >= 11 is 0. The number of methoxy groups -OCH3 is 2. The second-order valence-electron chi connectivity index (χ2n) is 3.73. The molecule has 2 rings (SSSR count). The van der Waals surface area contributed by atoms with Crippen molar-refractivity contribution in [3.8, 4) is 11.6 Å². The monoisotopic (exact) mass is 229 g/mol. The molecule has 0 aliphatic heterocycles. The minimum Gasteiger partial charge on any atom is -0.497 e. The standard InChI is InChI=1S/C14H15NO2/c1-16-13-6-3-11(4-7-13)9-12-5-8-14(17-2)15-10-12/h3-8,10H,9H2,1-2H3. The SMILES string of the molecule is COc1ccc(Cc2ccc(OC)nc2)cc1. The number of rotatable bonds is 4. The first-order valence-corrected chi connectivity index (χ1v) is 5.43. The lowest BCUT2D eigenvalue weighted by Crippen LogP contribution is -1.92. The van der Waals surface area contributed by atoms with E-state index < -0.39 is 0 Å². The molecule has 3 heteroatoms. The average Bonchev–Trinajstić information content (AvgIpc) is 2.40. The molecule has 17 heavy (non-hydrogen) atoms. The van der Waals surface area contributed by atoms with Gasteiger partial charge in [0.2, 0.25) is 5.88 Å². The number of aromatic nitrogens is 1. The van der Waals surface area contributed by atoms with E-state index in [9.17, 15) is 0 Å². The molecule has 0 amide bonds. The highest BCUT2D eigenvalue weighted by molar-refractivity contribution is 5.31. The fraction of sp³-hybridized carbons (Fsp3) is 0.214. The Hall–Kier alpha value is -2.03. The van der Waals surface area contributed by atoms with Crippen LogP contribution in [0, 0.1) is 0 Å². The van der Waals surface area contributed by atoms with Crippen LogP contribution in [0.1, 0.15) is 11.1 Å². The van der Waals surface area contributed by atoms with Crippen molar-refractivity contribution >= 4 is 0 Å². The number of nitrogens with zero attached hydrogens (tertiary/aromatic N) is 1. The van der Waals surface area contributed by atoms with Crippen molar-refractivity contribution in [2.45, 2.75) is 6.42 Å². The summed E-state index contributed by atoms with van der Waals surface area (Å²) in [6, 6.07) is 11.9. The van der Waals surface area contributed by atoms with Gasteiger partial charge < -0.3 is 9.47 Å². The minimum absolute atomic E-state index is 0.642. The highest BCUT2D eigenvalue weighted by Gasteiger charge is 1.98. The van der Waals surface area contributed by atoms with Gasteiger partial charge in [-0.3, -0.25) is 0 Å². The number of pyridine rings is 1. The first-order chi connectivity index (χ1) is 8.31. The van der Waals surface area contributed by atoms with Crippen LogP contribution >= 0.6 is 0 Å². The van der Waals surface area contributed by atoms with Crippen LogP contribution in [-0.2, 0) is 6.42 Å². The summed E-state index contributed by atoms with van der Waals surface area (Å²) in [5, 5.41) is 0. The van der Waals surface area contributed by atoms with Gasteiger partial charge in [0.05, 0.1) is 14.2 Å². The van der Waals surface area contributed by atoms with Gasteiger partial charge in [-0.1, -0.05) is 18.2 Å². The van der Waals surface area contributed by atoms with E-state index in [0.717, 1.165) is 17.7 Å². The predicted molar refractivity (Wildman–Crippen MR) is 66.6 cm³/mol. The van der Waals surface area contributed by atoms with Gasteiger partial charge in [-0.2, -0.15) is 0 Å². The van der Waals surface area contributed by atoms with Crippen LogP contribution in [0.2, 0.25) is 0 Å². The molecule has 0 aliphatic rings. The van der Waals surface area contributed by atoms with Crippen LogP contribution in [0.25, 0.3) is 0 Å². The molecule has 1 heterocycles. The zero-order valence-corrected chi connectivity index (χ0v) is 10.0. The Morgan fingerprint density at radius 2 is 1.59 bits per heavy atom. The smallest absolute Gasteiger partial charge is 0.212 e. The van der Waals surface area contributed by atoms with Gasteiger partial charge in [0, 0.05) is 12.3 Å². The van der Waals surface area contributed by atoms with Gasteiger partial charge >= 0.3 is 0 Å². The first kappa shape index (κ1) is 11.5. The minimum atomic E-state index is 0.642. The summed E-state index contributed by atoms with van der Waals surface area (Å²) in [4.78, 5) is 4.18. The lowest BCUT2D eigenvalue weighted by atomic mass is 10.1.